The van der Waals surface area contributed by atoms with E-state index in [1.54, 1.807) is 24.3 Å². The minimum Gasteiger partial charge on any atom is -0.483 e. The second-order valence-corrected chi connectivity index (χ2v) is 4.77. The van der Waals surface area contributed by atoms with Crippen molar-refractivity contribution < 1.29 is 13.9 Å². The first-order valence-electron chi connectivity index (χ1n) is 6.46. The summed E-state index contributed by atoms with van der Waals surface area (Å²) in [7, 11) is 0. The molecule has 0 radical (unpaired) electrons. The molecule has 1 unspecified atom stereocenters. The van der Waals surface area contributed by atoms with Crippen molar-refractivity contribution in [3.63, 3.8) is 0 Å². The highest BCUT2D eigenvalue weighted by molar-refractivity contribution is 5.84. The van der Waals surface area contributed by atoms with Crippen LogP contribution in [0, 0.1) is 0 Å². The van der Waals surface area contributed by atoms with E-state index in [0.717, 1.165) is 24.6 Å². The molecule has 1 atom stereocenters. The van der Waals surface area contributed by atoms with Gasteiger partial charge in [0, 0.05) is 17.9 Å². The van der Waals surface area contributed by atoms with E-state index in [1.165, 1.54) is 6.07 Å². The quantitative estimate of drug-likeness (QED) is 0.777. The summed E-state index contributed by atoms with van der Waals surface area (Å²) in [6.45, 7) is 0. The van der Waals surface area contributed by atoms with Gasteiger partial charge in [0.25, 0.3) is 0 Å². The van der Waals surface area contributed by atoms with Gasteiger partial charge in [-0.25, -0.2) is 4.79 Å². The third kappa shape index (κ3) is 2.52. The number of carbonyl (C=O) groups excluding carboxylic acids is 1. The minimum atomic E-state index is -0.372. The van der Waals surface area contributed by atoms with Gasteiger partial charge in [0.05, 0.1) is 0 Å². The zero-order valence-electron chi connectivity index (χ0n) is 10.4. The maximum Gasteiger partial charge on any atom is 0.336 e. The summed E-state index contributed by atoms with van der Waals surface area (Å²) in [5, 5.41) is 0.792. The van der Waals surface area contributed by atoms with Gasteiger partial charge in [0.15, 0.2) is 11.9 Å². The van der Waals surface area contributed by atoms with Gasteiger partial charge in [0.1, 0.15) is 11.3 Å². The summed E-state index contributed by atoms with van der Waals surface area (Å²) in [4.78, 5) is 22.8. The van der Waals surface area contributed by atoms with Gasteiger partial charge >= 0.3 is 5.63 Å². The van der Waals surface area contributed by atoms with Crippen molar-refractivity contribution in [2.75, 3.05) is 0 Å². The van der Waals surface area contributed by atoms with Crippen LogP contribution in [-0.4, -0.2) is 11.9 Å². The van der Waals surface area contributed by atoms with Crippen LogP contribution in [0.3, 0.4) is 0 Å². The Kier molecular flexibility index (Phi) is 3.07. The van der Waals surface area contributed by atoms with Crippen LogP contribution in [0.4, 0.5) is 0 Å². The summed E-state index contributed by atoms with van der Waals surface area (Å²) < 4.78 is 10.8. The fraction of sp³-hybridized carbons (Fsp3) is 0.333. The Bertz CT molecular complexity index is 671. The summed E-state index contributed by atoms with van der Waals surface area (Å²) >= 11 is 0. The number of benzene rings is 1. The largest absolute Gasteiger partial charge is 0.483 e. The van der Waals surface area contributed by atoms with Crippen molar-refractivity contribution in [2.24, 2.45) is 0 Å². The first-order chi connectivity index (χ1) is 9.22. The van der Waals surface area contributed by atoms with Crippen molar-refractivity contribution in [1.82, 2.24) is 0 Å². The van der Waals surface area contributed by atoms with E-state index in [4.69, 9.17) is 9.15 Å². The molecule has 98 valence electrons. The number of rotatable bonds is 2. The lowest BCUT2D eigenvalue weighted by molar-refractivity contribution is -0.127. The lowest BCUT2D eigenvalue weighted by Gasteiger charge is -2.21. The SMILES string of the molecule is O=C1CCCCC1Oc1ccc2oc(=O)ccc2c1. The Hall–Kier alpha value is -2.10. The molecule has 0 spiro atoms. The lowest BCUT2D eigenvalue weighted by Crippen LogP contribution is -2.30. The number of ether oxygens (including phenoxy) is 1. The van der Waals surface area contributed by atoms with Crippen LogP contribution >= 0.6 is 0 Å². The average molecular weight is 258 g/mol. The van der Waals surface area contributed by atoms with E-state index >= 15 is 0 Å². The second-order valence-electron chi connectivity index (χ2n) is 4.77. The summed E-state index contributed by atoms with van der Waals surface area (Å²) in [6.07, 6.45) is 3.04. The molecule has 4 nitrogen and oxygen atoms in total. The molecule has 0 amide bonds. The number of fused-ring (bicyclic) bond motifs is 1. The Labute approximate surface area is 110 Å². The fourth-order valence-electron chi connectivity index (χ4n) is 2.36. The van der Waals surface area contributed by atoms with Crippen LogP contribution in [-0.2, 0) is 4.79 Å². The zero-order valence-corrected chi connectivity index (χ0v) is 10.4. The van der Waals surface area contributed by atoms with Crippen molar-refractivity contribution in [3.8, 4) is 5.75 Å². The standard InChI is InChI=1S/C15H14O4/c16-12-3-1-2-4-14(12)18-11-6-7-13-10(9-11)5-8-15(17)19-13/h5-9,14H,1-4H2. The molecule has 1 heterocycles. The number of ketones is 1. The fourth-order valence-corrected chi connectivity index (χ4v) is 2.36. The van der Waals surface area contributed by atoms with Gasteiger partial charge in [0.2, 0.25) is 0 Å². The predicted octanol–water partition coefficient (Wildman–Crippen LogP) is 2.68. The smallest absolute Gasteiger partial charge is 0.336 e. The van der Waals surface area contributed by atoms with E-state index in [-0.39, 0.29) is 17.5 Å². The van der Waals surface area contributed by atoms with Crippen LogP contribution in [0.15, 0.2) is 39.5 Å². The van der Waals surface area contributed by atoms with Crippen LogP contribution in [0.2, 0.25) is 0 Å². The summed E-state index contributed by atoms with van der Waals surface area (Å²) in [6, 6.07) is 8.28. The molecule has 19 heavy (non-hydrogen) atoms. The predicted molar refractivity (Wildman–Crippen MR) is 70.4 cm³/mol. The molecule has 0 bridgehead atoms. The maximum atomic E-state index is 11.7. The molecule has 1 aromatic carbocycles. The third-order valence-electron chi connectivity index (χ3n) is 3.37. The van der Waals surface area contributed by atoms with Crippen LogP contribution in [0.25, 0.3) is 11.0 Å². The minimum absolute atomic E-state index is 0.172. The highest BCUT2D eigenvalue weighted by Gasteiger charge is 2.23. The van der Waals surface area contributed by atoms with Gasteiger partial charge in [-0.05, 0) is 43.5 Å². The molecule has 1 aliphatic rings. The number of Topliss-reactive ketones (excluding diaryl/α,β-unsaturated/α-hetero) is 1. The van der Waals surface area contributed by atoms with E-state index in [1.807, 2.05) is 0 Å². The second kappa shape index (κ2) is 4.88. The van der Waals surface area contributed by atoms with E-state index in [2.05, 4.69) is 0 Å². The Morgan fingerprint density at radius 3 is 2.84 bits per heavy atom. The van der Waals surface area contributed by atoms with Gasteiger partial charge in [-0.15, -0.1) is 0 Å². The molecule has 1 aromatic heterocycles. The molecule has 1 aliphatic carbocycles. The van der Waals surface area contributed by atoms with Crippen molar-refractivity contribution in [3.05, 3.63) is 40.8 Å². The summed E-state index contributed by atoms with van der Waals surface area (Å²) in [5.74, 6) is 0.813. The first-order valence-corrected chi connectivity index (χ1v) is 6.46. The normalized spacial score (nSPS) is 19.6. The zero-order chi connectivity index (χ0) is 13.2. The van der Waals surface area contributed by atoms with Gasteiger partial charge in [-0.3, -0.25) is 4.79 Å². The van der Waals surface area contributed by atoms with E-state index in [0.29, 0.717) is 17.8 Å². The first kappa shape index (κ1) is 12.0. The van der Waals surface area contributed by atoms with E-state index < -0.39 is 0 Å². The Morgan fingerprint density at radius 2 is 2.00 bits per heavy atom. The molecule has 0 N–H and O–H groups in total. The monoisotopic (exact) mass is 258 g/mol. The third-order valence-corrected chi connectivity index (χ3v) is 3.37. The van der Waals surface area contributed by atoms with Crippen LogP contribution < -0.4 is 10.4 Å². The lowest BCUT2D eigenvalue weighted by atomic mass is 9.96. The van der Waals surface area contributed by atoms with Gasteiger partial charge in [-0.1, -0.05) is 0 Å². The van der Waals surface area contributed by atoms with Crippen molar-refractivity contribution in [2.45, 2.75) is 31.8 Å². The molecule has 1 fully saturated rings. The highest BCUT2D eigenvalue weighted by atomic mass is 16.5. The van der Waals surface area contributed by atoms with Crippen LogP contribution in [0.1, 0.15) is 25.7 Å². The molecular formula is C15H14O4. The topological polar surface area (TPSA) is 56.5 Å². The summed E-state index contributed by atoms with van der Waals surface area (Å²) in [5.41, 5.74) is 0.151. The molecule has 0 aliphatic heterocycles. The molecule has 3 rings (SSSR count). The highest BCUT2D eigenvalue weighted by Crippen LogP contribution is 2.24. The molecule has 2 aromatic rings. The average Bonchev–Trinajstić information content (AvgIpc) is 2.41. The Balaban J connectivity index is 1.87. The van der Waals surface area contributed by atoms with Crippen molar-refractivity contribution in [1.29, 1.82) is 0 Å². The Morgan fingerprint density at radius 1 is 1.11 bits per heavy atom. The number of hydrogen-bond donors (Lipinski definition) is 0. The molecule has 0 saturated heterocycles. The van der Waals surface area contributed by atoms with E-state index in [9.17, 15) is 9.59 Å². The number of carbonyl (C=O) groups is 1. The van der Waals surface area contributed by atoms with Gasteiger partial charge in [-0.2, -0.15) is 0 Å². The molecular weight excluding hydrogens is 244 g/mol. The number of hydrogen-bond acceptors (Lipinski definition) is 4. The molecule has 1 saturated carbocycles. The molecule has 4 heteroatoms. The van der Waals surface area contributed by atoms with Crippen molar-refractivity contribution >= 4 is 16.8 Å². The van der Waals surface area contributed by atoms with Gasteiger partial charge < -0.3 is 9.15 Å². The van der Waals surface area contributed by atoms with Crippen LogP contribution in [0.5, 0.6) is 5.75 Å². The maximum absolute atomic E-state index is 11.7.